The maximum atomic E-state index is 6.41. The van der Waals surface area contributed by atoms with Crippen molar-refractivity contribution in [2.75, 3.05) is 0 Å². The Morgan fingerprint density at radius 1 is 0.905 bits per heavy atom. The molecular weight excluding hydrogens is 258 g/mol. The lowest BCUT2D eigenvalue weighted by Gasteiger charge is -2.12. The molecule has 2 N–H and O–H groups in total. The van der Waals surface area contributed by atoms with Gasteiger partial charge in [-0.25, -0.2) is 0 Å². The third-order valence-corrected chi connectivity index (χ3v) is 4.13. The SMILES string of the molecule is Cc1c(C(N)c2ccc(C(C)C)cc2)oc2ccccc12. The van der Waals surface area contributed by atoms with Gasteiger partial charge in [-0.15, -0.1) is 0 Å². The van der Waals surface area contributed by atoms with E-state index in [1.807, 2.05) is 18.2 Å². The first-order chi connectivity index (χ1) is 10.1. The lowest BCUT2D eigenvalue weighted by molar-refractivity contribution is 0.521. The van der Waals surface area contributed by atoms with Crippen molar-refractivity contribution in [1.82, 2.24) is 0 Å². The van der Waals surface area contributed by atoms with Crippen molar-refractivity contribution in [3.63, 3.8) is 0 Å². The van der Waals surface area contributed by atoms with Gasteiger partial charge in [-0.3, -0.25) is 0 Å². The topological polar surface area (TPSA) is 39.2 Å². The number of benzene rings is 2. The number of furan rings is 1. The molecule has 0 saturated heterocycles. The highest BCUT2D eigenvalue weighted by Crippen LogP contribution is 2.31. The number of aryl methyl sites for hydroxylation is 1. The molecule has 1 aromatic heterocycles. The van der Waals surface area contributed by atoms with Crippen molar-refractivity contribution in [2.45, 2.75) is 32.7 Å². The van der Waals surface area contributed by atoms with Gasteiger partial charge in [0.2, 0.25) is 0 Å². The highest BCUT2D eigenvalue weighted by molar-refractivity contribution is 5.82. The molecule has 0 bridgehead atoms. The van der Waals surface area contributed by atoms with Gasteiger partial charge in [0, 0.05) is 10.9 Å². The predicted octanol–water partition coefficient (Wildman–Crippen LogP) is 4.91. The van der Waals surface area contributed by atoms with Crippen LogP contribution < -0.4 is 5.73 Å². The van der Waals surface area contributed by atoms with Crippen LogP contribution in [0.1, 0.15) is 48.3 Å². The second kappa shape index (κ2) is 5.38. The Morgan fingerprint density at radius 3 is 2.14 bits per heavy atom. The van der Waals surface area contributed by atoms with E-state index >= 15 is 0 Å². The largest absolute Gasteiger partial charge is 0.459 e. The Bertz CT molecular complexity index is 753. The minimum absolute atomic E-state index is 0.224. The van der Waals surface area contributed by atoms with Crippen molar-refractivity contribution in [3.05, 3.63) is 71.0 Å². The molecule has 0 aliphatic carbocycles. The fraction of sp³-hybridized carbons (Fsp3) is 0.263. The summed E-state index contributed by atoms with van der Waals surface area (Å²) in [6.45, 7) is 6.46. The van der Waals surface area contributed by atoms with E-state index in [1.54, 1.807) is 0 Å². The van der Waals surface area contributed by atoms with Gasteiger partial charge < -0.3 is 10.2 Å². The van der Waals surface area contributed by atoms with E-state index in [1.165, 1.54) is 5.56 Å². The molecule has 108 valence electrons. The molecule has 2 aromatic carbocycles. The summed E-state index contributed by atoms with van der Waals surface area (Å²) in [6, 6.07) is 16.4. The summed E-state index contributed by atoms with van der Waals surface area (Å²) < 4.78 is 5.97. The molecule has 2 nitrogen and oxygen atoms in total. The molecule has 21 heavy (non-hydrogen) atoms. The first-order valence-electron chi connectivity index (χ1n) is 7.41. The standard InChI is InChI=1S/C19H21NO/c1-12(2)14-8-10-15(11-9-14)18(20)19-13(3)16-6-4-5-7-17(16)21-19/h4-12,18H,20H2,1-3H3. The van der Waals surface area contributed by atoms with Crippen LogP contribution in [-0.4, -0.2) is 0 Å². The zero-order valence-electron chi connectivity index (χ0n) is 12.8. The van der Waals surface area contributed by atoms with Crippen molar-refractivity contribution in [3.8, 4) is 0 Å². The summed E-state index contributed by atoms with van der Waals surface area (Å²) in [5.41, 5.74) is 10.9. The van der Waals surface area contributed by atoms with E-state index < -0.39 is 0 Å². The molecule has 1 atom stereocenters. The van der Waals surface area contributed by atoms with Gasteiger partial charge in [0.05, 0.1) is 6.04 Å². The normalized spacial score (nSPS) is 13.0. The quantitative estimate of drug-likeness (QED) is 0.739. The van der Waals surface area contributed by atoms with Gasteiger partial charge in [-0.2, -0.15) is 0 Å². The molecule has 3 rings (SSSR count). The van der Waals surface area contributed by atoms with Crippen molar-refractivity contribution in [2.24, 2.45) is 5.73 Å². The van der Waals surface area contributed by atoms with E-state index in [2.05, 4.69) is 51.1 Å². The van der Waals surface area contributed by atoms with Gasteiger partial charge in [0.15, 0.2) is 0 Å². The maximum absolute atomic E-state index is 6.41. The van der Waals surface area contributed by atoms with Crippen LogP contribution in [0.2, 0.25) is 0 Å². The van der Waals surface area contributed by atoms with Gasteiger partial charge in [-0.1, -0.05) is 56.3 Å². The van der Waals surface area contributed by atoms with Crippen LogP contribution in [0.3, 0.4) is 0 Å². The summed E-state index contributed by atoms with van der Waals surface area (Å²) in [7, 11) is 0. The minimum atomic E-state index is -0.224. The van der Waals surface area contributed by atoms with E-state index in [9.17, 15) is 0 Å². The Kier molecular flexibility index (Phi) is 3.56. The Labute approximate surface area is 125 Å². The van der Waals surface area contributed by atoms with E-state index in [-0.39, 0.29) is 6.04 Å². The van der Waals surface area contributed by atoms with E-state index in [0.29, 0.717) is 5.92 Å². The van der Waals surface area contributed by atoms with Crippen molar-refractivity contribution in [1.29, 1.82) is 0 Å². The van der Waals surface area contributed by atoms with Crippen LogP contribution in [0.4, 0.5) is 0 Å². The van der Waals surface area contributed by atoms with Crippen LogP contribution in [-0.2, 0) is 0 Å². The molecule has 0 aliphatic heterocycles. The molecule has 0 spiro atoms. The molecule has 0 radical (unpaired) electrons. The van der Waals surface area contributed by atoms with Crippen LogP contribution in [0.25, 0.3) is 11.0 Å². The van der Waals surface area contributed by atoms with Gasteiger partial charge in [0.25, 0.3) is 0 Å². The van der Waals surface area contributed by atoms with Crippen LogP contribution >= 0.6 is 0 Å². The van der Waals surface area contributed by atoms with Gasteiger partial charge >= 0.3 is 0 Å². The zero-order chi connectivity index (χ0) is 15.0. The van der Waals surface area contributed by atoms with Crippen LogP contribution in [0.15, 0.2) is 52.9 Å². The van der Waals surface area contributed by atoms with Gasteiger partial charge in [-0.05, 0) is 30.0 Å². The lowest BCUT2D eigenvalue weighted by atomic mass is 9.97. The molecule has 3 aromatic rings. The molecule has 0 fully saturated rings. The van der Waals surface area contributed by atoms with Crippen molar-refractivity contribution >= 4 is 11.0 Å². The number of fused-ring (bicyclic) bond motifs is 1. The molecule has 0 aliphatic rings. The summed E-state index contributed by atoms with van der Waals surface area (Å²) in [6.07, 6.45) is 0. The zero-order valence-corrected chi connectivity index (χ0v) is 12.8. The molecule has 0 amide bonds. The third kappa shape index (κ3) is 2.47. The minimum Gasteiger partial charge on any atom is -0.459 e. The lowest BCUT2D eigenvalue weighted by Crippen LogP contribution is -2.12. The maximum Gasteiger partial charge on any atom is 0.134 e. The number of hydrogen-bond donors (Lipinski definition) is 1. The third-order valence-electron chi connectivity index (χ3n) is 4.13. The number of nitrogens with two attached hydrogens (primary N) is 1. The number of rotatable bonds is 3. The van der Waals surface area contributed by atoms with Crippen molar-refractivity contribution < 1.29 is 4.42 Å². The Morgan fingerprint density at radius 2 is 1.52 bits per heavy atom. The smallest absolute Gasteiger partial charge is 0.134 e. The summed E-state index contributed by atoms with van der Waals surface area (Å²) in [5, 5.41) is 1.14. The molecule has 2 heteroatoms. The summed E-state index contributed by atoms with van der Waals surface area (Å²) in [4.78, 5) is 0. The first-order valence-corrected chi connectivity index (χ1v) is 7.41. The Hall–Kier alpha value is -2.06. The monoisotopic (exact) mass is 279 g/mol. The number of para-hydroxylation sites is 1. The summed E-state index contributed by atoms with van der Waals surface area (Å²) >= 11 is 0. The second-order valence-corrected chi connectivity index (χ2v) is 5.89. The molecular formula is C19H21NO. The van der Waals surface area contributed by atoms with Crippen LogP contribution in [0.5, 0.6) is 0 Å². The van der Waals surface area contributed by atoms with Gasteiger partial charge in [0.1, 0.15) is 11.3 Å². The highest BCUT2D eigenvalue weighted by atomic mass is 16.3. The predicted molar refractivity (Wildman–Crippen MR) is 87.5 cm³/mol. The number of hydrogen-bond acceptors (Lipinski definition) is 2. The fourth-order valence-electron chi connectivity index (χ4n) is 2.73. The fourth-order valence-corrected chi connectivity index (χ4v) is 2.73. The average Bonchev–Trinajstić information content (AvgIpc) is 2.84. The van der Waals surface area contributed by atoms with Crippen LogP contribution in [0, 0.1) is 6.92 Å². The highest BCUT2D eigenvalue weighted by Gasteiger charge is 2.18. The molecule has 1 heterocycles. The average molecular weight is 279 g/mol. The summed E-state index contributed by atoms with van der Waals surface area (Å²) in [5.74, 6) is 1.39. The van der Waals surface area contributed by atoms with E-state index in [4.69, 9.17) is 10.2 Å². The molecule has 0 saturated carbocycles. The molecule has 1 unspecified atom stereocenters. The first kappa shape index (κ1) is 13.9. The van der Waals surface area contributed by atoms with E-state index in [0.717, 1.165) is 27.9 Å². The Balaban J connectivity index is 1.99. The second-order valence-electron chi connectivity index (χ2n) is 5.89.